The van der Waals surface area contributed by atoms with E-state index in [4.69, 9.17) is 9.47 Å². The van der Waals surface area contributed by atoms with Crippen molar-refractivity contribution in [2.75, 3.05) is 7.11 Å². The van der Waals surface area contributed by atoms with Crippen molar-refractivity contribution < 1.29 is 19.4 Å². The summed E-state index contributed by atoms with van der Waals surface area (Å²) in [5, 5.41) is 9.96. The standard InChI is InChI=1S/C13H14O4/c1-16-11-5-3-2-4-9(11)8-10(14)12-6-7-13(15)17-12/h2-7,10,12,14H,8H2,1H3/t10-,12+/m1/s1. The van der Waals surface area contributed by atoms with Gasteiger partial charge in [0.1, 0.15) is 11.9 Å². The Bertz CT molecular complexity index is 439. The molecular formula is C13H14O4. The Morgan fingerprint density at radius 1 is 1.47 bits per heavy atom. The summed E-state index contributed by atoms with van der Waals surface area (Å²) < 4.78 is 10.1. The molecule has 0 amide bonds. The van der Waals surface area contributed by atoms with Crippen molar-refractivity contribution in [2.45, 2.75) is 18.6 Å². The van der Waals surface area contributed by atoms with Crippen LogP contribution >= 0.6 is 0 Å². The van der Waals surface area contributed by atoms with Gasteiger partial charge >= 0.3 is 5.97 Å². The summed E-state index contributed by atoms with van der Waals surface area (Å²) in [5.41, 5.74) is 0.888. The Hall–Kier alpha value is -1.81. The maximum absolute atomic E-state index is 10.9. The van der Waals surface area contributed by atoms with Crippen LogP contribution in [0.5, 0.6) is 5.75 Å². The van der Waals surface area contributed by atoms with E-state index in [0.717, 1.165) is 11.3 Å². The number of para-hydroxylation sites is 1. The van der Waals surface area contributed by atoms with Gasteiger partial charge in [0.2, 0.25) is 0 Å². The molecule has 0 radical (unpaired) electrons. The Kier molecular flexibility index (Phi) is 3.44. The molecule has 0 unspecified atom stereocenters. The molecule has 1 aliphatic rings. The molecule has 4 heteroatoms. The van der Waals surface area contributed by atoms with Crippen LogP contribution in [0.15, 0.2) is 36.4 Å². The smallest absolute Gasteiger partial charge is 0.331 e. The van der Waals surface area contributed by atoms with Crippen molar-refractivity contribution in [2.24, 2.45) is 0 Å². The molecule has 1 aliphatic heterocycles. The number of methoxy groups -OCH3 is 1. The number of rotatable bonds is 4. The molecule has 0 aromatic heterocycles. The quantitative estimate of drug-likeness (QED) is 0.792. The number of carbonyl (C=O) groups excluding carboxylic acids is 1. The van der Waals surface area contributed by atoms with Crippen molar-refractivity contribution in [1.29, 1.82) is 0 Å². The molecule has 1 heterocycles. The van der Waals surface area contributed by atoms with E-state index in [9.17, 15) is 9.90 Å². The normalized spacial score (nSPS) is 20.1. The van der Waals surface area contributed by atoms with Crippen molar-refractivity contribution in [3.8, 4) is 5.75 Å². The minimum absolute atomic E-state index is 0.381. The number of aliphatic hydroxyl groups is 1. The average Bonchev–Trinajstić information content (AvgIpc) is 2.77. The van der Waals surface area contributed by atoms with Gasteiger partial charge in [-0.25, -0.2) is 4.79 Å². The Labute approximate surface area is 99.5 Å². The van der Waals surface area contributed by atoms with Gasteiger partial charge in [0, 0.05) is 12.5 Å². The van der Waals surface area contributed by atoms with E-state index in [1.807, 2.05) is 24.3 Å². The molecule has 17 heavy (non-hydrogen) atoms. The Morgan fingerprint density at radius 2 is 2.24 bits per heavy atom. The molecule has 0 aliphatic carbocycles. The molecule has 0 fully saturated rings. The van der Waals surface area contributed by atoms with Crippen molar-refractivity contribution in [3.05, 3.63) is 42.0 Å². The second-order valence-corrected chi connectivity index (χ2v) is 3.84. The van der Waals surface area contributed by atoms with Gasteiger partial charge in [-0.15, -0.1) is 0 Å². The predicted octanol–water partition coefficient (Wildman–Crippen LogP) is 1.08. The fourth-order valence-electron chi connectivity index (χ4n) is 1.81. The van der Waals surface area contributed by atoms with E-state index < -0.39 is 18.2 Å². The van der Waals surface area contributed by atoms with Crippen molar-refractivity contribution >= 4 is 5.97 Å². The van der Waals surface area contributed by atoms with Gasteiger partial charge in [-0.2, -0.15) is 0 Å². The summed E-state index contributed by atoms with van der Waals surface area (Å²) in [7, 11) is 1.58. The first-order valence-electron chi connectivity index (χ1n) is 5.39. The number of benzene rings is 1. The molecule has 0 spiro atoms. The average molecular weight is 234 g/mol. The third-order valence-corrected chi connectivity index (χ3v) is 2.68. The summed E-state index contributed by atoms with van der Waals surface area (Å²) in [4.78, 5) is 10.9. The first-order chi connectivity index (χ1) is 8.20. The maximum Gasteiger partial charge on any atom is 0.331 e. The number of hydrogen-bond donors (Lipinski definition) is 1. The topological polar surface area (TPSA) is 55.8 Å². The van der Waals surface area contributed by atoms with E-state index >= 15 is 0 Å². The van der Waals surface area contributed by atoms with Crippen LogP contribution in [0.25, 0.3) is 0 Å². The van der Waals surface area contributed by atoms with E-state index in [-0.39, 0.29) is 0 Å². The van der Waals surface area contributed by atoms with Crippen molar-refractivity contribution in [3.63, 3.8) is 0 Å². The Balaban J connectivity index is 2.05. The minimum atomic E-state index is -0.756. The van der Waals surface area contributed by atoms with Gasteiger partial charge in [-0.1, -0.05) is 18.2 Å². The number of esters is 1. The summed E-state index contributed by atoms with van der Waals surface area (Å²) in [5.74, 6) is 0.314. The third-order valence-electron chi connectivity index (χ3n) is 2.68. The maximum atomic E-state index is 10.9. The zero-order valence-electron chi connectivity index (χ0n) is 9.50. The molecule has 1 N–H and O–H groups in total. The van der Waals surface area contributed by atoms with Crippen LogP contribution in [0.2, 0.25) is 0 Å². The third kappa shape index (κ3) is 2.65. The number of carbonyl (C=O) groups is 1. The lowest BCUT2D eigenvalue weighted by atomic mass is 10.0. The van der Waals surface area contributed by atoms with E-state index in [1.54, 1.807) is 13.2 Å². The fraction of sp³-hybridized carbons (Fsp3) is 0.308. The van der Waals surface area contributed by atoms with Crippen LogP contribution in [0, 0.1) is 0 Å². The van der Waals surface area contributed by atoms with Crippen LogP contribution in [0.3, 0.4) is 0 Å². The zero-order chi connectivity index (χ0) is 12.3. The summed E-state index contributed by atoms with van der Waals surface area (Å²) >= 11 is 0. The highest BCUT2D eigenvalue weighted by molar-refractivity contribution is 5.84. The first-order valence-corrected chi connectivity index (χ1v) is 5.39. The molecule has 4 nitrogen and oxygen atoms in total. The van der Waals surface area contributed by atoms with Crippen LogP contribution in [-0.2, 0) is 16.0 Å². The number of cyclic esters (lactones) is 1. The van der Waals surface area contributed by atoms with Gasteiger partial charge in [-0.05, 0) is 17.7 Å². The van der Waals surface area contributed by atoms with Gasteiger partial charge in [0.25, 0.3) is 0 Å². The predicted molar refractivity (Wildman–Crippen MR) is 61.7 cm³/mol. The lowest BCUT2D eigenvalue weighted by Gasteiger charge is -2.17. The van der Waals surface area contributed by atoms with Crippen LogP contribution in [0.4, 0.5) is 0 Å². The van der Waals surface area contributed by atoms with E-state index in [2.05, 4.69) is 0 Å². The molecule has 2 atom stereocenters. The van der Waals surface area contributed by atoms with Gasteiger partial charge < -0.3 is 14.6 Å². The second kappa shape index (κ2) is 5.01. The molecule has 0 saturated heterocycles. The highest BCUT2D eigenvalue weighted by atomic mass is 16.6. The first kappa shape index (κ1) is 11.7. The lowest BCUT2D eigenvalue weighted by molar-refractivity contribution is -0.142. The fourth-order valence-corrected chi connectivity index (χ4v) is 1.81. The molecule has 0 saturated carbocycles. The number of ether oxygens (including phenoxy) is 2. The monoisotopic (exact) mass is 234 g/mol. The van der Waals surface area contributed by atoms with Crippen LogP contribution in [0.1, 0.15) is 5.56 Å². The van der Waals surface area contributed by atoms with Gasteiger partial charge in [0.05, 0.1) is 13.2 Å². The summed E-state index contributed by atoms with van der Waals surface area (Å²) in [6.07, 6.45) is 1.96. The Morgan fingerprint density at radius 3 is 2.88 bits per heavy atom. The minimum Gasteiger partial charge on any atom is -0.496 e. The van der Waals surface area contributed by atoms with E-state index in [1.165, 1.54) is 6.08 Å². The summed E-state index contributed by atoms with van der Waals surface area (Å²) in [6.45, 7) is 0. The number of aliphatic hydroxyl groups excluding tert-OH is 1. The SMILES string of the molecule is COc1ccccc1C[C@@H](O)[C@@H]1C=CC(=O)O1. The van der Waals surface area contributed by atoms with E-state index in [0.29, 0.717) is 6.42 Å². The van der Waals surface area contributed by atoms with Gasteiger partial charge in [-0.3, -0.25) is 0 Å². The van der Waals surface area contributed by atoms with Crippen LogP contribution in [-0.4, -0.2) is 30.4 Å². The molecule has 2 rings (SSSR count). The largest absolute Gasteiger partial charge is 0.496 e. The molecule has 1 aromatic rings. The van der Waals surface area contributed by atoms with Crippen LogP contribution < -0.4 is 4.74 Å². The zero-order valence-corrected chi connectivity index (χ0v) is 9.50. The molecular weight excluding hydrogens is 220 g/mol. The molecule has 90 valence electrons. The number of hydrogen-bond acceptors (Lipinski definition) is 4. The highest BCUT2D eigenvalue weighted by Crippen LogP contribution is 2.21. The van der Waals surface area contributed by atoms with Crippen molar-refractivity contribution in [1.82, 2.24) is 0 Å². The molecule has 0 bridgehead atoms. The highest BCUT2D eigenvalue weighted by Gasteiger charge is 2.25. The second-order valence-electron chi connectivity index (χ2n) is 3.84. The lowest BCUT2D eigenvalue weighted by Crippen LogP contribution is -2.27. The van der Waals surface area contributed by atoms with Gasteiger partial charge in [0.15, 0.2) is 0 Å². The molecule has 1 aromatic carbocycles. The summed E-state index contributed by atoms with van der Waals surface area (Å²) in [6, 6.07) is 7.45.